The number of nitrogens with zero attached hydrogens (tertiary/aromatic N) is 1. The van der Waals surface area contributed by atoms with Crippen molar-refractivity contribution in [2.45, 2.75) is 12.5 Å². The van der Waals surface area contributed by atoms with E-state index in [4.69, 9.17) is 5.14 Å². The molecule has 1 aromatic carbocycles. The van der Waals surface area contributed by atoms with Crippen LogP contribution in [0.4, 0.5) is 0 Å². The molecule has 1 aliphatic heterocycles. The predicted octanol–water partition coefficient (Wildman–Crippen LogP) is -0.143. The number of hydrogen-bond donors (Lipinski definition) is 2. The van der Waals surface area contributed by atoms with E-state index < -0.39 is 16.1 Å². The highest BCUT2D eigenvalue weighted by Gasteiger charge is 2.36. The molecule has 1 fully saturated rings. The Hall–Kier alpha value is -1.44. The third kappa shape index (κ3) is 3.56. The van der Waals surface area contributed by atoms with Gasteiger partial charge in [0.15, 0.2) is 0 Å². The van der Waals surface area contributed by atoms with Crippen molar-refractivity contribution >= 4 is 15.9 Å². The maximum atomic E-state index is 12.0. The van der Waals surface area contributed by atoms with Crippen LogP contribution in [0, 0.1) is 5.92 Å². The SMILES string of the molecule is NS(=O)(=O)CC1CC(=O)N(C(CO)c2ccccc2)C1. The van der Waals surface area contributed by atoms with Gasteiger partial charge in [0.05, 0.1) is 18.4 Å². The van der Waals surface area contributed by atoms with Crippen molar-refractivity contribution in [2.24, 2.45) is 11.1 Å². The van der Waals surface area contributed by atoms with Gasteiger partial charge < -0.3 is 10.0 Å². The van der Waals surface area contributed by atoms with Gasteiger partial charge in [-0.3, -0.25) is 4.79 Å². The van der Waals surface area contributed by atoms with Gasteiger partial charge in [0, 0.05) is 18.9 Å². The van der Waals surface area contributed by atoms with E-state index in [0.717, 1.165) is 5.56 Å². The van der Waals surface area contributed by atoms with E-state index in [9.17, 15) is 18.3 Å². The maximum Gasteiger partial charge on any atom is 0.223 e. The first-order valence-corrected chi connectivity index (χ1v) is 8.08. The summed E-state index contributed by atoms with van der Waals surface area (Å²) in [5.41, 5.74) is 0.833. The molecular weight excluding hydrogens is 280 g/mol. The van der Waals surface area contributed by atoms with Gasteiger partial charge in [-0.2, -0.15) is 0 Å². The molecule has 20 heavy (non-hydrogen) atoms. The largest absolute Gasteiger partial charge is 0.394 e. The monoisotopic (exact) mass is 298 g/mol. The number of hydrogen-bond acceptors (Lipinski definition) is 4. The van der Waals surface area contributed by atoms with Crippen LogP contribution in [0.2, 0.25) is 0 Å². The van der Waals surface area contributed by atoms with Crippen LogP contribution < -0.4 is 5.14 Å². The minimum Gasteiger partial charge on any atom is -0.394 e. The molecule has 6 nitrogen and oxygen atoms in total. The zero-order valence-electron chi connectivity index (χ0n) is 11.0. The quantitative estimate of drug-likeness (QED) is 0.790. The number of sulfonamides is 1. The summed E-state index contributed by atoms with van der Waals surface area (Å²) in [7, 11) is -3.59. The fraction of sp³-hybridized carbons (Fsp3) is 0.462. The lowest BCUT2D eigenvalue weighted by Gasteiger charge is -2.27. The van der Waals surface area contributed by atoms with E-state index in [1.54, 1.807) is 0 Å². The molecule has 7 heteroatoms. The van der Waals surface area contributed by atoms with Crippen molar-refractivity contribution in [1.82, 2.24) is 4.90 Å². The molecular formula is C13H18N2O4S. The molecule has 1 amide bonds. The number of nitrogens with two attached hydrogens (primary N) is 1. The summed E-state index contributed by atoms with van der Waals surface area (Å²) in [5, 5.41) is 14.6. The molecule has 0 bridgehead atoms. The van der Waals surface area contributed by atoms with Gasteiger partial charge in [0.1, 0.15) is 0 Å². The first-order chi connectivity index (χ1) is 9.40. The number of aliphatic hydroxyl groups excluding tert-OH is 1. The number of rotatable bonds is 5. The molecule has 1 saturated heterocycles. The number of benzene rings is 1. The van der Waals surface area contributed by atoms with Crippen LogP contribution in [0.1, 0.15) is 18.0 Å². The standard InChI is InChI=1S/C13H18N2O4S/c14-20(18,19)9-10-6-13(17)15(7-10)12(8-16)11-4-2-1-3-5-11/h1-5,10,12,16H,6-9H2,(H2,14,18,19). The average Bonchev–Trinajstić information content (AvgIpc) is 2.70. The lowest BCUT2D eigenvalue weighted by molar-refractivity contribution is -0.130. The van der Waals surface area contributed by atoms with E-state index in [0.29, 0.717) is 6.54 Å². The summed E-state index contributed by atoms with van der Waals surface area (Å²) in [6.07, 6.45) is 0.153. The summed E-state index contributed by atoms with van der Waals surface area (Å²) in [5.74, 6) is -0.667. The van der Waals surface area contributed by atoms with Gasteiger partial charge >= 0.3 is 0 Å². The molecule has 2 rings (SSSR count). The fourth-order valence-corrected chi connectivity index (χ4v) is 3.49. The number of primary sulfonamides is 1. The van der Waals surface area contributed by atoms with Crippen LogP contribution in [0.15, 0.2) is 30.3 Å². The lowest BCUT2D eigenvalue weighted by Crippen LogP contribution is -2.33. The smallest absolute Gasteiger partial charge is 0.223 e. The lowest BCUT2D eigenvalue weighted by atomic mass is 10.1. The van der Waals surface area contributed by atoms with Gasteiger partial charge in [-0.05, 0) is 5.56 Å². The predicted molar refractivity (Wildman–Crippen MR) is 74.1 cm³/mol. The van der Waals surface area contributed by atoms with Crippen LogP contribution in [0.5, 0.6) is 0 Å². The zero-order valence-corrected chi connectivity index (χ0v) is 11.8. The van der Waals surface area contributed by atoms with Gasteiger partial charge in [-0.15, -0.1) is 0 Å². The number of likely N-dealkylation sites (tertiary alicyclic amines) is 1. The average molecular weight is 298 g/mol. The number of carbonyl (C=O) groups is 1. The van der Waals surface area contributed by atoms with Gasteiger partial charge in [-0.25, -0.2) is 13.6 Å². The molecule has 110 valence electrons. The summed E-state index contributed by atoms with van der Waals surface area (Å²) < 4.78 is 22.2. The molecule has 3 N–H and O–H groups in total. The Kier molecular flexibility index (Phi) is 4.42. The van der Waals surface area contributed by atoms with E-state index in [-0.39, 0.29) is 30.6 Å². The Morgan fingerprint density at radius 1 is 1.35 bits per heavy atom. The van der Waals surface area contributed by atoms with Gasteiger partial charge in [0.25, 0.3) is 0 Å². The van der Waals surface area contributed by atoms with Crippen LogP contribution >= 0.6 is 0 Å². The molecule has 0 aromatic heterocycles. The molecule has 0 spiro atoms. The second-order valence-corrected chi connectivity index (χ2v) is 6.71. The molecule has 1 aromatic rings. The normalized spacial score (nSPS) is 21.2. The Morgan fingerprint density at radius 3 is 2.55 bits per heavy atom. The summed E-state index contributed by atoms with van der Waals surface area (Å²) in [6, 6.07) is 8.76. The van der Waals surface area contributed by atoms with Crippen molar-refractivity contribution < 1.29 is 18.3 Å². The highest BCUT2D eigenvalue weighted by molar-refractivity contribution is 7.89. The molecule has 0 aliphatic carbocycles. The summed E-state index contributed by atoms with van der Waals surface area (Å²) in [6.45, 7) is 0.104. The number of amides is 1. The second-order valence-electron chi connectivity index (χ2n) is 5.05. The molecule has 2 atom stereocenters. The van der Waals surface area contributed by atoms with Crippen molar-refractivity contribution in [3.8, 4) is 0 Å². The first kappa shape index (κ1) is 15.0. The first-order valence-electron chi connectivity index (χ1n) is 6.36. The van der Waals surface area contributed by atoms with E-state index in [1.807, 2.05) is 30.3 Å². The summed E-state index contributed by atoms with van der Waals surface area (Å²) >= 11 is 0. The van der Waals surface area contributed by atoms with E-state index in [1.165, 1.54) is 4.90 Å². The number of carbonyl (C=O) groups excluding carboxylic acids is 1. The molecule has 2 unspecified atom stereocenters. The third-order valence-corrected chi connectivity index (χ3v) is 4.38. The highest BCUT2D eigenvalue weighted by Crippen LogP contribution is 2.28. The van der Waals surface area contributed by atoms with Crippen LogP contribution in [0.25, 0.3) is 0 Å². The van der Waals surface area contributed by atoms with Crippen molar-refractivity contribution in [3.63, 3.8) is 0 Å². The molecule has 0 radical (unpaired) electrons. The molecule has 1 heterocycles. The Balaban J connectivity index is 2.14. The highest BCUT2D eigenvalue weighted by atomic mass is 32.2. The fourth-order valence-electron chi connectivity index (χ4n) is 2.61. The molecule has 0 saturated carbocycles. The minimum absolute atomic E-state index is 0.151. The Morgan fingerprint density at radius 2 is 2.00 bits per heavy atom. The summed E-state index contributed by atoms with van der Waals surface area (Å²) in [4.78, 5) is 13.6. The van der Waals surface area contributed by atoms with Gasteiger partial charge in [-0.1, -0.05) is 30.3 Å². The van der Waals surface area contributed by atoms with Crippen LogP contribution in [-0.2, 0) is 14.8 Å². The minimum atomic E-state index is -3.59. The molecule has 1 aliphatic rings. The zero-order chi connectivity index (χ0) is 14.8. The second kappa shape index (κ2) is 5.90. The topological polar surface area (TPSA) is 101 Å². The van der Waals surface area contributed by atoms with E-state index in [2.05, 4.69) is 0 Å². The Bertz CT molecular complexity index is 573. The third-order valence-electron chi connectivity index (χ3n) is 3.44. The Labute approximate surface area is 118 Å². The van der Waals surface area contributed by atoms with E-state index >= 15 is 0 Å². The number of aliphatic hydroxyl groups is 1. The maximum absolute atomic E-state index is 12.0. The van der Waals surface area contributed by atoms with Crippen LogP contribution in [-0.4, -0.2) is 43.2 Å². The van der Waals surface area contributed by atoms with Crippen molar-refractivity contribution in [1.29, 1.82) is 0 Å². The van der Waals surface area contributed by atoms with Crippen molar-refractivity contribution in [3.05, 3.63) is 35.9 Å². The van der Waals surface area contributed by atoms with Crippen LogP contribution in [0.3, 0.4) is 0 Å². The van der Waals surface area contributed by atoms with Gasteiger partial charge in [0.2, 0.25) is 15.9 Å². The van der Waals surface area contributed by atoms with Crippen molar-refractivity contribution in [2.75, 3.05) is 18.9 Å².